The zero-order valence-electron chi connectivity index (χ0n) is 9.95. The van der Waals surface area contributed by atoms with E-state index in [0.29, 0.717) is 12.8 Å². The molecular formula is C11H21NO3. The highest BCUT2D eigenvalue weighted by molar-refractivity contribution is 5.70. The molecule has 1 heterocycles. The maximum atomic E-state index is 11.1. The smallest absolute Gasteiger partial charge is 0.306 e. The number of nitrogens with zero attached hydrogens (tertiary/aromatic N) is 1. The van der Waals surface area contributed by atoms with Crippen molar-refractivity contribution in [2.75, 3.05) is 0 Å². The number of carboxylic acid groups (broad SMARTS) is 1. The van der Waals surface area contributed by atoms with Crippen LogP contribution in [0.5, 0.6) is 0 Å². The van der Waals surface area contributed by atoms with Gasteiger partial charge >= 0.3 is 5.97 Å². The second kappa shape index (κ2) is 3.76. The number of hydrogen-bond acceptors (Lipinski definition) is 3. The van der Waals surface area contributed by atoms with E-state index in [1.807, 2.05) is 27.7 Å². The molecule has 0 radical (unpaired) electrons. The van der Waals surface area contributed by atoms with Crippen LogP contribution in [0.3, 0.4) is 0 Å². The molecule has 2 unspecified atom stereocenters. The molecule has 1 fully saturated rings. The average Bonchev–Trinajstić information content (AvgIpc) is 2.13. The molecule has 2 atom stereocenters. The number of carbonyl (C=O) groups is 1. The Balaban J connectivity index is 2.97. The van der Waals surface area contributed by atoms with Crippen LogP contribution < -0.4 is 0 Å². The van der Waals surface area contributed by atoms with Gasteiger partial charge in [-0.05, 0) is 40.0 Å². The van der Waals surface area contributed by atoms with Crippen molar-refractivity contribution in [3.8, 4) is 0 Å². The van der Waals surface area contributed by atoms with Crippen LogP contribution >= 0.6 is 0 Å². The van der Waals surface area contributed by atoms with Crippen LogP contribution in [0.25, 0.3) is 0 Å². The Morgan fingerprint density at radius 1 is 1.40 bits per heavy atom. The van der Waals surface area contributed by atoms with Gasteiger partial charge in [0.25, 0.3) is 0 Å². The molecule has 1 aliphatic rings. The first-order valence-corrected chi connectivity index (χ1v) is 5.45. The fraction of sp³-hybridized carbons (Fsp3) is 0.909. The molecule has 1 saturated heterocycles. The van der Waals surface area contributed by atoms with Gasteiger partial charge < -0.3 is 10.3 Å². The lowest BCUT2D eigenvalue weighted by atomic mass is 9.73. The molecule has 4 nitrogen and oxygen atoms in total. The Morgan fingerprint density at radius 3 is 2.33 bits per heavy atom. The minimum atomic E-state index is -0.754. The summed E-state index contributed by atoms with van der Waals surface area (Å²) in [4.78, 5) is 11.1. The molecule has 15 heavy (non-hydrogen) atoms. The van der Waals surface area contributed by atoms with Gasteiger partial charge in [-0.1, -0.05) is 6.92 Å². The third-order valence-corrected chi connectivity index (χ3v) is 3.63. The van der Waals surface area contributed by atoms with Crippen molar-refractivity contribution >= 4 is 5.97 Å². The lowest BCUT2D eigenvalue weighted by Gasteiger charge is -2.51. The molecule has 0 aliphatic carbocycles. The molecule has 0 aromatic rings. The van der Waals surface area contributed by atoms with Crippen LogP contribution in [0.1, 0.15) is 47.0 Å². The highest BCUT2D eigenvalue weighted by Gasteiger charge is 2.48. The van der Waals surface area contributed by atoms with E-state index in [2.05, 4.69) is 0 Å². The van der Waals surface area contributed by atoms with Gasteiger partial charge in [0.15, 0.2) is 0 Å². The first kappa shape index (κ1) is 12.5. The summed E-state index contributed by atoms with van der Waals surface area (Å²) in [5.74, 6) is -1.11. The zero-order chi connectivity index (χ0) is 11.9. The molecule has 2 N–H and O–H groups in total. The number of rotatable bonds is 2. The summed E-state index contributed by atoms with van der Waals surface area (Å²) in [7, 11) is 0. The van der Waals surface area contributed by atoms with E-state index in [4.69, 9.17) is 5.11 Å². The van der Waals surface area contributed by atoms with Gasteiger partial charge in [0, 0.05) is 11.1 Å². The van der Waals surface area contributed by atoms with Crippen LogP contribution in [0.15, 0.2) is 0 Å². The van der Waals surface area contributed by atoms with Crippen molar-refractivity contribution in [1.82, 2.24) is 5.06 Å². The minimum absolute atomic E-state index is 0.353. The molecule has 88 valence electrons. The Hall–Kier alpha value is -0.610. The van der Waals surface area contributed by atoms with E-state index in [1.165, 1.54) is 5.06 Å². The van der Waals surface area contributed by atoms with Crippen molar-refractivity contribution in [2.45, 2.75) is 58.0 Å². The van der Waals surface area contributed by atoms with Gasteiger partial charge in [0.1, 0.15) is 0 Å². The van der Waals surface area contributed by atoms with Gasteiger partial charge in [-0.25, -0.2) is 0 Å². The van der Waals surface area contributed by atoms with Gasteiger partial charge in [-0.3, -0.25) is 4.79 Å². The number of carboxylic acids is 1. The highest BCUT2D eigenvalue weighted by Crippen LogP contribution is 2.41. The Labute approximate surface area is 90.8 Å². The summed E-state index contributed by atoms with van der Waals surface area (Å²) in [5, 5.41) is 20.5. The topological polar surface area (TPSA) is 60.8 Å². The van der Waals surface area contributed by atoms with Crippen LogP contribution in [0.2, 0.25) is 0 Å². The fourth-order valence-corrected chi connectivity index (χ4v) is 2.58. The third kappa shape index (κ3) is 2.16. The summed E-state index contributed by atoms with van der Waals surface area (Å²) in [6.07, 6.45) is 1.75. The van der Waals surface area contributed by atoms with Gasteiger partial charge in [0.2, 0.25) is 0 Å². The molecule has 0 spiro atoms. The summed E-state index contributed by atoms with van der Waals surface area (Å²) in [6.45, 7) is 7.67. The van der Waals surface area contributed by atoms with Crippen LogP contribution in [-0.4, -0.2) is 32.4 Å². The monoisotopic (exact) mass is 215 g/mol. The zero-order valence-corrected chi connectivity index (χ0v) is 9.95. The van der Waals surface area contributed by atoms with Crippen molar-refractivity contribution in [1.29, 1.82) is 0 Å². The maximum Gasteiger partial charge on any atom is 0.306 e. The minimum Gasteiger partial charge on any atom is -0.481 e. The quantitative estimate of drug-likeness (QED) is 0.740. The molecular weight excluding hydrogens is 194 g/mol. The largest absolute Gasteiger partial charge is 0.481 e. The SMILES string of the molecule is CCC1(C)CC(C(=O)O)CC(C)(C)N1O. The lowest BCUT2D eigenvalue weighted by Crippen LogP contribution is -2.60. The summed E-state index contributed by atoms with van der Waals surface area (Å²) < 4.78 is 0. The predicted molar refractivity (Wildman–Crippen MR) is 56.8 cm³/mol. The van der Waals surface area contributed by atoms with Gasteiger partial charge in [0.05, 0.1) is 5.92 Å². The normalized spacial score (nSPS) is 36.5. The molecule has 1 aliphatic heterocycles. The van der Waals surface area contributed by atoms with E-state index in [1.54, 1.807) is 0 Å². The Morgan fingerprint density at radius 2 is 1.93 bits per heavy atom. The van der Waals surface area contributed by atoms with Crippen LogP contribution in [0.4, 0.5) is 0 Å². The van der Waals surface area contributed by atoms with E-state index in [9.17, 15) is 10.0 Å². The Bertz CT molecular complexity index is 265. The van der Waals surface area contributed by atoms with Crippen molar-refractivity contribution in [3.63, 3.8) is 0 Å². The first-order valence-electron chi connectivity index (χ1n) is 5.45. The van der Waals surface area contributed by atoms with Crippen molar-refractivity contribution < 1.29 is 15.1 Å². The molecule has 0 aromatic carbocycles. The highest BCUT2D eigenvalue weighted by atomic mass is 16.5. The molecule has 1 rings (SSSR count). The number of piperidine rings is 1. The predicted octanol–water partition coefficient (Wildman–Crippen LogP) is 2.12. The lowest BCUT2D eigenvalue weighted by molar-refractivity contribution is -0.257. The van der Waals surface area contributed by atoms with E-state index < -0.39 is 17.0 Å². The number of hydrogen-bond donors (Lipinski definition) is 2. The first-order chi connectivity index (χ1) is 6.73. The van der Waals surface area contributed by atoms with Gasteiger partial charge in [-0.15, -0.1) is 0 Å². The standard InChI is InChI=1S/C11H21NO3/c1-5-11(4)7-8(9(13)14)6-10(2,3)12(11)15/h8,15H,5-7H2,1-4H3,(H,13,14). The number of hydroxylamine groups is 2. The van der Waals surface area contributed by atoms with Crippen LogP contribution in [-0.2, 0) is 4.79 Å². The molecule has 0 amide bonds. The summed E-state index contributed by atoms with van der Waals surface area (Å²) in [6, 6.07) is 0. The maximum absolute atomic E-state index is 11.1. The van der Waals surface area contributed by atoms with Crippen molar-refractivity contribution in [2.24, 2.45) is 5.92 Å². The van der Waals surface area contributed by atoms with E-state index in [-0.39, 0.29) is 5.92 Å². The third-order valence-electron chi connectivity index (χ3n) is 3.63. The average molecular weight is 215 g/mol. The second-order valence-corrected chi connectivity index (χ2v) is 5.42. The van der Waals surface area contributed by atoms with E-state index in [0.717, 1.165) is 6.42 Å². The summed E-state index contributed by atoms with van der Waals surface area (Å²) >= 11 is 0. The fourth-order valence-electron chi connectivity index (χ4n) is 2.58. The Kier molecular flexibility index (Phi) is 3.12. The van der Waals surface area contributed by atoms with Crippen LogP contribution in [0, 0.1) is 5.92 Å². The number of aliphatic carboxylic acids is 1. The summed E-state index contributed by atoms with van der Waals surface area (Å²) in [5.41, 5.74) is -0.892. The van der Waals surface area contributed by atoms with E-state index >= 15 is 0 Å². The molecule has 0 aromatic heterocycles. The van der Waals surface area contributed by atoms with Gasteiger partial charge in [-0.2, -0.15) is 5.06 Å². The molecule has 4 heteroatoms. The van der Waals surface area contributed by atoms with Crippen molar-refractivity contribution in [3.05, 3.63) is 0 Å². The molecule has 0 bridgehead atoms. The molecule has 0 saturated carbocycles. The second-order valence-electron chi connectivity index (χ2n) is 5.42.